The smallest absolute Gasteiger partial charge is 0.461 e. The Hall–Kier alpha value is -2.77. The van der Waals surface area contributed by atoms with Crippen molar-refractivity contribution in [1.29, 1.82) is 0 Å². The Morgan fingerprint density at radius 3 is 2.38 bits per heavy atom. The second-order valence-corrected chi connectivity index (χ2v) is 4.93. The van der Waals surface area contributed by atoms with Crippen LogP contribution in [0.3, 0.4) is 0 Å². The first-order valence-electron chi connectivity index (χ1n) is 7.08. The zero-order chi connectivity index (χ0) is 17.9. The molecular formula is C16H15F3N2O3. The van der Waals surface area contributed by atoms with Crippen molar-refractivity contribution in [2.75, 3.05) is 12.0 Å². The molecule has 0 aliphatic heterocycles. The minimum absolute atomic E-state index is 0.0461. The van der Waals surface area contributed by atoms with Crippen LogP contribution in [0.25, 0.3) is 11.1 Å². The van der Waals surface area contributed by atoms with Crippen LogP contribution in [0.5, 0.6) is 0 Å². The number of carbonyl (C=O) groups excluding carboxylic acids is 2. The van der Waals surface area contributed by atoms with E-state index in [0.717, 1.165) is 4.68 Å². The third-order valence-electron chi connectivity index (χ3n) is 3.21. The number of hydrogen-bond acceptors (Lipinski definition) is 3. The Morgan fingerprint density at radius 1 is 1.21 bits per heavy atom. The largest absolute Gasteiger partial charge is 0.472 e. The Morgan fingerprint density at radius 2 is 1.83 bits per heavy atom. The number of carbonyl (C=O) groups is 2. The summed E-state index contributed by atoms with van der Waals surface area (Å²) in [5, 5.41) is 0. The lowest BCUT2D eigenvalue weighted by Gasteiger charge is -2.13. The average Bonchev–Trinajstić information content (AvgIpc) is 2.83. The molecule has 0 atom stereocenters. The van der Waals surface area contributed by atoms with Crippen molar-refractivity contribution in [3.05, 3.63) is 47.8 Å². The zero-order valence-electron chi connectivity index (χ0n) is 13.0. The number of ether oxygens (including phenoxy) is 1. The molecule has 1 aromatic heterocycles. The molecule has 0 spiro atoms. The van der Waals surface area contributed by atoms with Crippen LogP contribution in [0.1, 0.15) is 23.0 Å². The molecule has 24 heavy (non-hydrogen) atoms. The summed E-state index contributed by atoms with van der Waals surface area (Å²) in [6.07, 6.45) is -3.82. The number of benzene rings is 1. The zero-order valence-corrected chi connectivity index (χ0v) is 13.0. The van der Waals surface area contributed by atoms with Crippen molar-refractivity contribution in [2.45, 2.75) is 20.0 Å². The molecule has 0 saturated heterocycles. The van der Waals surface area contributed by atoms with E-state index >= 15 is 0 Å². The van der Waals surface area contributed by atoms with Crippen LogP contribution in [0, 0.1) is 6.92 Å². The summed E-state index contributed by atoms with van der Waals surface area (Å²) in [7, 11) is 0. The van der Waals surface area contributed by atoms with Crippen LogP contribution >= 0.6 is 0 Å². The molecule has 0 aliphatic rings. The van der Waals surface area contributed by atoms with Gasteiger partial charge in [-0.25, -0.2) is 4.79 Å². The van der Waals surface area contributed by atoms with E-state index in [-0.39, 0.29) is 12.3 Å². The monoisotopic (exact) mass is 340 g/mol. The van der Waals surface area contributed by atoms with E-state index in [9.17, 15) is 22.8 Å². The van der Waals surface area contributed by atoms with Gasteiger partial charge in [-0.15, -0.1) is 0 Å². The summed E-state index contributed by atoms with van der Waals surface area (Å²) in [5.74, 6) is -3.01. The molecular weight excluding hydrogens is 325 g/mol. The lowest BCUT2D eigenvalue weighted by Crippen LogP contribution is -2.36. The fourth-order valence-electron chi connectivity index (χ4n) is 2.26. The van der Waals surface area contributed by atoms with Gasteiger partial charge in [0.25, 0.3) is 0 Å². The van der Waals surface area contributed by atoms with Crippen LogP contribution in [-0.4, -0.2) is 29.3 Å². The number of alkyl halides is 3. The summed E-state index contributed by atoms with van der Waals surface area (Å²) in [4.78, 5) is 23.4. The van der Waals surface area contributed by atoms with Crippen LogP contribution in [0.4, 0.5) is 13.2 Å². The molecule has 0 bridgehead atoms. The summed E-state index contributed by atoms with van der Waals surface area (Å²) in [6, 6.07) is 8.65. The Balaban J connectivity index is 2.56. The number of nitrogens with one attached hydrogen (secondary N) is 1. The summed E-state index contributed by atoms with van der Waals surface area (Å²) < 4.78 is 43.2. The Labute approximate surface area is 136 Å². The molecule has 128 valence electrons. The highest BCUT2D eigenvalue weighted by molar-refractivity contribution is 5.98. The lowest BCUT2D eigenvalue weighted by molar-refractivity contribution is -0.168. The van der Waals surface area contributed by atoms with Gasteiger partial charge in [-0.2, -0.15) is 13.2 Å². The number of esters is 1. The predicted octanol–water partition coefficient (Wildman–Crippen LogP) is 3.27. The van der Waals surface area contributed by atoms with Gasteiger partial charge in [0.05, 0.1) is 6.61 Å². The first kappa shape index (κ1) is 17.6. The van der Waals surface area contributed by atoms with Crippen LogP contribution < -0.4 is 5.43 Å². The first-order chi connectivity index (χ1) is 11.3. The molecule has 2 aromatic rings. The molecule has 0 radical (unpaired) electrons. The highest BCUT2D eigenvalue weighted by Crippen LogP contribution is 2.29. The molecule has 1 aromatic carbocycles. The normalized spacial score (nSPS) is 11.2. The maximum absolute atomic E-state index is 12.5. The topological polar surface area (TPSA) is 60.3 Å². The van der Waals surface area contributed by atoms with Gasteiger partial charge in [0.2, 0.25) is 0 Å². The van der Waals surface area contributed by atoms with E-state index in [0.29, 0.717) is 16.7 Å². The average molecular weight is 340 g/mol. The number of aromatic nitrogens is 1. The van der Waals surface area contributed by atoms with E-state index in [1.807, 2.05) is 0 Å². The molecule has 0 unspecified atom stereocenters. The van der Waals surface area contributed by atoms with Crippen molar-refractivity contribution in [3.8, 4) is 11.1 Å². The predicted molar refractivity (Wildman–Crippen MR) is 81.0 cm³/mol. The third-order valence-corrected chi connectivity index (χ3v) is 3.21. The molecule has 0 aliphatic carbocycles. The number of amides is 1. The quantitative estimate of drug-likeness (QED) is 0.869. The van der Waals surface area contributed by atoms with Gasteiger partial charge < -0.3 is 4.74 Å². The molecule has 0 fully saturated rings. The fraction of sp³-hybridized carbons (Fsp3) is 0.250. The van der Waals surface area contributed by atoms with Crippen LogP contribution in [-0.2, 0) is 9.53 Å². The van der Waals surface area contributed by atoms with Gasteiger partial charge in [-0.3, -0.25) is 14.9 Å². The van der Waals surface area contributed by atoms with Gasteiger partial charge in [0.15, 0.2) is 5.69 Å². The van der Waals surface area contributed by atoms with E-state index in [1.165, 1.54) is 6.20 Å². The Kier molecular flexibility index (Phi) is 4.96. The second kappa shape index (κ2) is 6.77. The van der Waals surface area contributed by atoms with Crippen molar-refractivity contribution in [3.63, 3.8) is 0 Å². The highest BCUT2D eigenvalue weighted by atomic mass is 19.4. The van der Waals surface area contributed by atoms with Gasteiger partial charge in [0, 0.05) is 11.8 Å². The van der Waals surface area contributed by atoms with Gasteiger partial charge in [0.1, 0.15) is 0 Å². The van der Waals surface area contributed by atoms with E-state index in [1.54, 1.807) is 49.6 Å². The van der Waals surface area contributed by atoms with E-state index < -0.39 is 18.1 Å². The van der Waals surface area contributed by atoms with Gasteiger partial charge in [-0.05, 0) is 25.0 Å². The van der Waals surface area contributed by atoms with Crippen molar-refractivity contribution in [2.24, 2.45) is 0 Å². The molecule has 8 heteroatoms. The number of hydrogen-bond donors (Lipinski definition) is 1. The molecule has 1 amide bonds. The van der Waals surface area contributed by atoms with Crippen molar-refractivity contribution >= 4 is 11.9 Å². The fourth-order valence-corrected chi connectivity index (χ4v) is 2.26. The maximum atomic E-state index is 12.5. The van der Waals surface area contributed by atoms with Crippen molar-refractivity contribution < 1.29 is 27.5 Å². The van der Waals surface area contributed by atoms with Crippen LogP contribution in [0.15, 0.2) is 36.5 Å². The summed E-state index contributed by atoms with van der Waals surface area (Å²) in [5.41, 5.74) is 3.05. The lowest BCUT2D eigenvalue weighted by atomic mass is 10.0. The number of aryl methyl sites for hydroxylation is 1. The molecule has 5 nitrogen and oxygen atoms in total. The SMILES string of the molecule is CCOC(=O)c1c(-c2ccccc2)c(C)cn1NC(=O)C(F)(F)F. The number of halogens is 3. The first-order valence-corrected chi connectivity index (χ1v) is 7.08. The molecule has 0 saturated carbocycles. The van der Waals surface area contributed by atoms with Crippen LogP contribution in [0.2, 0.25) is 0 Å². The number of nitrogens with zero attached hydrogens (tertiary/aromatic N) is 1. The Bertz CT molecular complexity index is 752. The summed E-state index contributed by atoms with van der Waals surface area (Å²) in [6.45, 7) is 3.25. The second-order valence-electron chi connectivity index (χ2n) is 4.93. The molecule has 1 N–H and O–H groups in total. The highest BCUT2D eigenvalue weighted by Gasteiger charge is 2.39. The summed E-state index contributed by atoms with van der Waals surface area (Å²) >= 11 is 0. The minimum Gasteiger partial charge on any atom is -0.461 e. The van der Waals surface area contributed by atoms with Crippen molar-refractivity contribution in [1.82, 2.24) is 4.68 Å². The minimum atomic E-state index is -5.07. The van der Waals surface area contributed by atoms with Gasteiger partial charge in [-0.1, -0.05) is 30.3 Å². The third kappa shape index (κ3) is 3.58. The molecule has 1 heterocycles. The maximum Gasteiger partial charge on any atom is 0.472 e. The standard InChI is InChI=1S/C16H15F3N2O3/c1-3-24-14(22)13-12(11-7-5-4-6-8-11)10(2)9-21(13)20-15(23)16(17,18)19/h4-9H,3H2,1-2H3,(H,20,23). The molecule has 2 rings (SSSR count). The van der Waals surface area contributed by atoms with E-state index in [2.05, 4.69) is 0 Å². The van der Waals surface area contributed by atoms with E-state index in [4.69, 9.17) is 4.74 Å². The van der Waals surface area contributed by atoms with Gasteiger partial charge >= 0.3 is 18.1 Å². The number of rotatable bonds is 4.